The highest BCUT2D eigenvalue weighted by Crippen LogP contribution is 2.17. The molecule has 1 N–H and O–H groups in total. The smallest absolute Gasteiger partial charge is 0.222 e. The highest BCUT2D eigenvalue weighted by molar-refractivity contribution is 5.89. The zero-order valence-electron chi connectivity index (χ0n) is 8.86. The molecule has 0 bridgehead atoms. The van der Waals surface area contributed by atoms with Crippen LogP contribution >= 0.6 is 0 Å². The number of likely N-dealkylation sites (tertiary alicyclic amines) is 1. The third-order valence-electron chi connectivity index (χ3n) is 2.83. The van der Waals surface area contributed by atoms with Crippen molar-refractivity contribution in [3.8, 4) is 0 Å². The van der Waals surface area contributed by atoms with Gasteiger partial charge < -0.3 is 10.1 Å². The zero-order chi connectivity index (χ0) is 10.6. The molecule has 0 aliphatic carbocycles. The maximum Gasteiger partial charge on any atom is 0.222 e. The van der Waals surface area contributed by atoms with Gasteiger partial charge in [0.2, 0.25) is 5.91 Å². The molecule has 0 aromatic rings. The number of hydrogen-bond acceptors (Lipinski definition) is 3. The molecule has 0 aromatic carbocycles. The van der Waals surface area contributed by atoms with Crippen LogP contribution in [0.15, 0.2) is 5.16 Å². The third kappa shape index (κ3) is 2.25. The van der Waals surface area contributed by atoms with E-state index in [-0.39, 0.29) is 11.8 Å². The fraction of sp³-hybridized carbons (Fsp3) is 0.800. The van der Waals surface area contributed by atoms with Gasteiger partial charge in [0.25, 0.3) is 0 Å². The van der Waals surface area contributed by atoms with Gasteiger partial charge in [0.15, 0.2) is 0 Å². The van der Waals surface area contributed by atoms with Gasteiger partial charge in [0.05, 0.1) is 5.71 Å². The van der Waals surface area contributed by atoms with Crippen LogP contribution in [0.4, 0.5) is 0 Å². The summed E-state index contributed by atoms with van der Waals surface area (Å²) in [5, 5.41) is 12.1. The highest BCUT2D eigenvalue weighted by Gasteiger charge is 2.26. The second kappa shape index (κ2) is 4.98. The van der Waals surface area contributed by atoms with E-state index in [9.17, 15) is 4.79 Å². The Morgan fingerprint density at radius 3 is 2.86 bits per heavy atom. The number of amides is 1. The first-order valence-electron chi connectivity index (χ1n) is 5.21. The van der Waals surface area contributed by atoms with Crippen LogP contribution in [-0.4, -0.2) is 34.8 Å². The van der Waals surface area contributed by atoms with E-state index in [2.05, 4.69) is 12.1 Å². The van der Waals surface area contributed by atoms with Crippen LogP contribution in [0.2, 0.25) is 0 Å². The Bertz CT molecular complexity index is 238. The number of rotatable bonds is 2. The van der Waals surface area contributed by atoms with Gasteiger partial charge in [-0.1, -0.05) is 19.0 Å². The summed E-state index contributed by atoms with van der Waals surface area (Å²) < 4.78 is 0. The average molecular weight is 198 g/mol. The summed E-state index contributed by atoms with van der Waals surface area (Å²) in [5.41, 5.74) is 0.840. The first kappa shape index (κ1) is 11.0. The van der Waals surface area contributed by atoms with Crippen molar-refractivity contribution >= 4 is 11.6 Å². The molecule has 0 aromatic heterocycles. The Morgan fingerprint density at radius 1 is 1.64 bits per heavy atom. The molecule has 0 saturated carbocycles. The molecule has 1 unspecified atom stereocenters. The summed E-state index contributed by atoms with van der Waals surface area (Å²) in [6.07, 6.45) is 2.19. The minimum atomic E-state index is 0.195. The first-order chi connectivity index (χ1) is 6.72. The lowest BCUT2D eigenvalue weighted by Gasteiger charge is -2.32. The minimum Gasteiger partial charge on any atom is -0.411 e. The van der Waals surface area contributed by atoms with E-state index in [1.54, 1.807) is 0 Å². The average Bonchev–Trinajstić information content (AvgIpc) is 2.26. The third-order valence-corrected chi connectivity index (χ3v) is 2.83. The standard InChI is InChI=1S/C10H18N2O2/c1-3-8-7-12(10(13)4-2)6-5-9(8)11-14/h8,14H,3-7H2,1-2H3. The lowest BCUT2D eigenvalue weighted by atomic mass is 9.93. The van der Waals surface area contributed by atoms with Gasteiger partial charge >= 0.3 is 0 Å². The molecule has 14 heavy (non-hydrogen) atoms. The summed E-state index contributed by atoms with van der Waals surface area (Å²) in [4.78, 5) is 13.3. The van der Waals surface area contributed by atoms with Crippen molar-refractivity contribution in [2.24, 2.45) is 11.1 Å². The van der Waals surface area contributed by atoms with Crippen molar-refractivity contribution < 1.29 is 10.0 Å². The van der Waals surface area contributed by atoms with E-state index in [0.717, 1.165) is 12.1 Å². The molecule has 1 atom stereocenters. The predicted molar refractivity (Wildman–Crippen MR) is 54.5 cm³/mol. The predicted octanol–water partition coefficient (Wildman–Crippen LogP) is 1.49. The van der Waals surface area contributed by atoms with E-state index >= 15 is 0 Å². The molecule has 1 amide bonds. The van der Waals surface area contributed by atoms with Crippen LogP contribution in [0.1, 0.15) is 33.1 Å². The fourth-order valence-electron chi connectivity index (χ4n) is 1.86. The lowest BCUT2D eigenvalue weighted by Crippen LogP contribution is -2.43. The number of nitrogens with zero attached hydrogens (tertiary/aromatic N) is 2. The molecule has 1 aliphatic rings. The zero-order valence-corrected chi connectivity index (χ0v) is 8.86. The second-order valence-corrected chi connectivity index (χ2v) is 3.64. The Balaban J connectivity index is 2.61. The summed E-state index contributed by atoms with van der Waals surface area (Å²) in [6.45, 7) is 5.33. The monoisotopic (exact) mass is 198 g/mol. The number of carbonyl (C=O) groups is 1. The summed E-state index contributed by atoms with van der Waals surface area (Å²) >= 11 is 0. The molecular weight excluding hydrogens is 180 g/mol. The molecule has 1 fully saturated rings. The molecule has 4 heteroatoms. The normalized spacial score (nSPS) is 25.4. The molecule has 1 heterocycles. The maximum absolute atomic E-state index is 11.4. The Kier molecular flexibility index (Phi) is 3.92. The van der Waals surface area contributed by atoms with E-state index in [1.807, 2.05) is 11.8 Å². The van der Waals surface area contributed by atoms with Gasteiger partial charge in [-0.05, 0) is 6.42 Å². The SMILES string of the molecule is CCC(=O)N1CCC(=NO)C(CC)C1. The number of carbonyl (C=O) groups excluding carboxylic acids is 1. The molecule has 0 radical (unpaired) electrons. The van der Waals surface area contributed by atoms with Gasteiger partial charge in [-0.2, -0.15) is 0 Å². The van der Waals surface area contributed by atoms with Crippen LogP contribution in [0.3, 0.4) is 0 Å². The summed E-state index contributed by atoms with van der Waals surface area (Å²) in [7, 11) is 0. The lowest BCUT2D eigenvalue weighted by molar-refractivity contribution is -0.131. The van der Waals surface area contributed by atoms with Crippen molar-refractivity contribution in [3.05, 3.63) is 0 Å². The van der Waals surface area contributed by atoms with Gasteiger partial charge in [0, 0.05) is 31.8 Å². The van der Waals surface area contributed by atoms with Crippen molar-refractivity contribution in [3.63, 3.8) is 0 Å². The van der Waals surface area contributed by atoms with Gasteiger partial charge in [0.1, 0.15) is 0 Å². The Labute approximate surface area is 84.6 Å². The van der Waals surface area contributed by atoms with Gasteiger partial charge in [-0.3, -0.25) is 4.79 Å². The van der Waals surface area contributed by atoms with E-state index < -0.39 is 0 Å². The molecular formula is C10H18N2O2. The Morgan fingerprint density at radius 2 is 2.36 bits per heavy atom. The first-order valence-corrected chi connectivity index (χ1v) is 5.21. The maximum atomic E-state index is 11.4. The van der Waals surface area contributed by atoms with Crippen LogP contribution in [0.25, 0.3) is 0 Å². The van der Waals surface area contributed by atoms with Gasteiger partial charge in [-0.25, -0.2) is 0 Å². The summed E-state index contributed by atoms with van der Waals surface area (Å²) in [6, 6.07) is 0. The Hall–Kier alpha value is -1.06. The van der Waals surface area contributed by atoms with E-state index in [0.29, 0.717) is 25.9 Å². The van der Waals surface area contributed by atoms with Crippen molar-refractivity contribution in [2.75, 3.05) is 13.1 Å². The van der Waals surface area contributed by atoms with Crippen LogP contribution < -0.4 is 0 Å². The largest absolute Gasteiger partial charge is 0.411 e. The van der Waals surface area contributed by atoms with E-state index in [1.165, 1.54) is 0 Å². The molecule has 0 spiro atoms. The molecule has 1 saturated heterocycles. The number of oxime groups is 1. The van der Waals surface area contributed by atoms with Crippen molar-refractivity contribution in [2.45, 2.75) is 33.1 Å². The number of piperidine rings is 1. The molecule has 4 nitrogen and oxygen atoms in total. The van der Waals surface area contributed by atoms with Crippen LogP contribution in [0, 0.1) is 5.92 Å². The quantitative estimate of drug-likeness (QED) is 0.540. The summed E-state index contributed by atoms with van der Waals surface area (Å²) in [5.74, 6) is 0.435. The van der Waals surface area contributed by atoms with Gasteiger partial charge in [-0.15, -0.1) is 0 Å². The topological polar surface area (TPSA) is 52.9 Å². The van der Waals surface area contributed by atoms with Crippen LogP contribution in [-0.2, 0) is 4.79 Å². The van der Waals surface area contributed by atoms with E-state index in [4.69, 9.17) is 5.21 Å². The van der Waals surface area contributed by atoms with Crippen molar-refractivity contribution in [1.82, 2.24) is 4.90 Å². The molecule has 1 rings (SSSR count). The van der Waals surface area contributed by atoms with Crippen molar-refractivity contribution in [1.29, 1.82) is 0 Å². The second-order valence-electron chi connectivity index (χ2n) is 3.64. The molecule has 80 valence electrons. The number of hydrogen-bond donors (Lipinski definition) is 1. The molecule has 1 aliphatic heterocycles. The fourth-order valence-corrected chi connectivity index (χ4v) is 1.86. The minimum absolute atomic E-state index is 0.195. The highest BCUT2D eigenvalue weighted by atomic mass is 16.4. The van der Waals surface area contributed by atoms with Crippen LogP contribution in [0.5, 0.6) is 0 Å².